The van der Waals surface area contributed by atoms with E-state index in [1.54, 1.807) is 43.3 Å². The Labute approximate surface area is 169 Å². The van der Waals surface area contributed by atoms with Crippen LogP contribution in [0.1, 0.15) is 36.5 Å². The van der Waals surface area contributed by atoms with E-state index in [0.717, 1.165) is 19.3 Å². The van der Waals surface area contributed by atoms with Crippen LogP contribution in [-0.2, 0) is 9.59 Å². The van der Waals surface area contributed by atoms with Gasteiger partial charge in [0.2, 0.25) is 17.6 Å². The quantitative estimate of drug-likeness (QED) is 0.575. The first-order valence-corrected chi connectivity index (χ1v) is 10.3. The van der Waals surface area contributed by atoms with Crippen molar-refractivity contribution in [2.45, 2.75) is 32.3 Å². The number of rotatable bonds is 5. The van der Waals surface area contributed by atoms with Gasteiger partial charge >= 0.3 is 0 Å². The second-order valence-electron chi connectivity index (χ2n) is 8.35. The number of benzene rings is 2. The highest BCUT2D eigenvalue weighted by Crippen LogP contribution is 2.57. The van der Waals surface area contributed by atoms with Crippen molar-refractivity contribution in [2.75, 3.05) is 4.90 Å². The summed E-state index contributed by atoms with van der Waals surface area (Å²) in [5, 5.41) is 0. The first-order chi connectivity index (χ1) is 14.1. The van der Waals surface area contributed by atoms with Crippen molar-refractivity contribution >= 4 is 23.3 Å². The van der Waals surface area contributed by atoms with Crippen molar-refractivity contribution in [3.63, 3.8) is 0 Å². The van der Waals surface area contributed by atoms with Crippen LogP contribution in [0.15, 0.2) is 54.6 Å². The van der Waals surface area contributed by atoms with E-state index in [4.69, 9.17) is 4.74 Å². The van der Waals surface area contributed by atoms with Gasteiger partial charge < -0.3 is 4.74 Å². The lowest BCUT2D eigenvalue weighted by atomic mass is 9.81. The zero-order valence-corrected chi connectivity index (χ0v) is 16.3. The Morgan fingerprint density at radius 3 is 2.17 bits per heavy atom. The zero-order valence-electron chi connectivity index (χ0n) is 16.3. The topological polar surface area (TPSA) is 63.7 Å². The number of ketones is 1. The van der Waals surface area contributed by atoms with Crippen LogP contribution in [0.5, 0.6) is 5.75 Å². The van der Waals surface area contributed by atoms with Gasteiger partial charge in [-0.2, -0.15) is 0 Å². The van der Waals surface area contributed by atoms with Crippen LogP contribution >= 0.6 is 0 Å². The molecule has 0 radical (unpaired) electrons. The highest BCUT2D eigenvalue weighted by Gasteiger charge is 2.61. The van der Waals surface area contributed by atoms with Crippen LogP contribution < -0.4 is 9.64 Å². The molecule has 148 valence electrons. The van der Waals surface area contributed by atoms with Gasteiger partial charge in [0.25, 0.3) is 0 Å². The lowest BCUT2D eigenvalue weighted by Gasteiger charge is -2.22. The van der Waals surface area contributed by atoms with Crippen molar-refractivity contribution in [1.82, 2.24) is 0 Å². The molecule has 1 saturated heterocycles. The van der Waals surface area contributed by atoms with Gasteiger partial charge in [0.05, 0.1) is 17.5 Å². The van der Waals surface area contributed by atoms with E-state index in [2.05, 4.69) is 0 Å². The number of amides is 2. The van der Waals surface area contributed by atoms with Gasteiger partial charge in [0, 0.05) is 5.56 Å². The Kier molecular flexibility index (Phi) is 4.26. The number of carbonyl (C=O) groups excluding carboxylic acids is 3. The van der Waals surface area contributed by atoms with Gasteiger partial charge in [0.1, 0.15) is 5.75 Å². The second-order valence-corrected chi connectivity index (χ2v) is 8.35. The smallest absolute Gasteiger partial charge is 0.238 e. The Morgan fingerprint density at radius 1 is 0.931 bits per heavy atom. The summed E-state index contributed by atoms with van der Waals surface area (Å²) < 4.78 is 5.97. The summed E-state index contributed by atoms with van der Waals surface area (Å²) >= 11 is 0. The van der Waals surface area contributed by atoms with Crippen molar-refractivity contribution in [3.8, 4) is 5.75 Å². The molecule has 1 aliphatic heterocycles. The molecule has 2 aromatic carbocycles. The Bertz CT molecular complexity index is 957. The number of carbonyl (C=O) groups is 3. The second kappa shape index (κ2) is 6.83. The summed E-state index contributed by atoms with van der Waals surface area (Å²) in [7, 11) is 0. The molecule has 2 aliphatic carbocycles. The average Bonchev–Trinajstić information content (AvgIpc) is 3.42. The Balaban J connectivity index is 1.42. The predicted molar refractivity (Wildman–Crippen MR) is 108 cm³/mol. The summed E-state index contributed by atoms with van der Waals surface area (Å²) in [4.78, 5) is 40.3. The SMILES string of the molecule is C[C@@H](Oc1ccccc1N1C(=O)[C@H]2[C@H]3CC[C@@H](C3)[C@@H]2C1=O)C(=O)c1ccccc1. The number of imide groups is 1. The number of fused-ring (bicyclic) bond motifs is 5. The Morgan fingerprint density at radius 2 is 1.52 bits per heavy atom. The van der Waals surface area contributed by atoms with E-state index < -0.39 is 6.10 Å². The van der Waals surface area contributed by atoms with Crippen molar-refractivity contribution in [3.05, 3.63) is 60.2 Å². The van der Waals surface area contributed by atoms with E-state index in [9.17, 15) is 14.4 Å². The zero-order chi connectivity index (χ0) is 20.1. The van der Waals surface area contributed by atoms with Crippen LogP contribution in [0.2, 0.25) is 0 Å². The molecule has 2 bridgehead atoms. The molecule has 2 saturated carbocycles. The molecule has 2 amide bonds. The van der Waals surface area contributed by atoms with Crippen LogP contribution in [0.4, 0.5) is 5.69 Å². The molecule has 5 nitrogen and oxygen atoms in total. The normalized spacial score (nSPS) is 28.5. The van der Waals surface area contributed by atoms with E-state index >= 15 is 0 Å². The maximum atomic E-state index is 13.2. The van der Waals surface area contributed by atoms with Crippen LogP contribution in [0.3, 0.4) is 0 Å². The monoisotopic (exact) mass is 389 g/mol. The fourth-order valence-electron chi connectivity index (χ4n) is 5.47. The molecule has 5 rings (SSSR count). The average molecular weight is 389 g/mol. The van der Waals surface area contributed by atoms with E-state index in [0.29, 0.717) is 28.8 Å². The number of hydrogen-bond donors (Lipinski definition) is 0. The number of hydrogen-bond acceptors (Lipinski definition) is 4. The molecule has 29 heavy (non-hydrogen) atoms. The molecule has 2 aromatic rings. The molecule has 0 N–H and O–H groups in total. The Hall–Kier alpha value is -2.95. The minimum Gasteiger partial charge on any atom is -0.480 e. The van der Waals surface area contributed by atoms with Crippen LogP contribution in [-0.4, -0.2) is 23.7 Å². The number of Topliss-reactive ketones (excluding diaryl/α,β-unsaturated/α-hetero) is 1. The molecule has 0 unspecified atom stereocenters. The maximum absolute atomic E-state index is 13.2. The summed E-state index contributed by atoms with van der Waals surface area (Å²) in [5.41, 5.74) is 1.01. The third-order valence-corrected chi connectivity index (χ3v) is 6.76. The highest BCUT2D eigenvalue weighted by molar-refractivity contribution is 6.23. The molecule has 3 aliphatic rings. The van der Waals surface area contributed by atoms with E-state index in [-0.39, 0.29) is 29.4 Å². The summed E-state index contributed by atoms with van der Waals surface area (Å²) in [6.07, 6.45) is 2.35. The van der Waals surface area contributed by atoms with E-state index in [1.165, 1.54) is 4.90 Å². The summed E-state index contributed by atoms with van der Waals surface area (Å²) in [6.45, 7) is 1.69. The largest absolute Gasteiger partial charge is 0.480 e. The van der Waals surface area contributed by atoms with Gasteiger partial charge in [0.15, 0.2) is 6.10 Å². The first-order valence-electron chi connectivity index (χ1n) is 10.3. The number of ether oxygens (including phenoxy) is 1. The van der Waals surface area contributed by atoms with Gasteiger partial charge in [-0.25, -0.2) is 4.90 Å². The van der Waals surface area contributed by atoms with Crippen molar-refractivity contribution < 1.29 is 19.1 Å². The third-order valence-electron chi connectivity index (χ3n) is 6.76. The number of para-hydroxylation sites is 2. The number of anilines is 1. The lowest BCUT2D eigenvalue weighted by Crippen LogP contribution is -2.34. The molecular formula is C24H23NO4. The van der Waals surface area contributed by atoms with Gasteiger partial charge in [-0.3, -0.25) is 14.4 Å². The van der Waals surface area contributed by atoms with Crippen LogP contribution in [0, 0.1) is 23.7 Å². The van der Waals surface area contributed by atoms with Gasteiger partial charge in [-0.15, -0.1) is 0 Å². The van der Waals surface area contributed by atoms with Crippen molar-refractivity contribution in [1.29, 1.82) is 0 Å². The third kappa shape index (κ3) is 2.79. The first kappa shape index (κ1) is 18.1. The highest BCUT2D eigenvalue weighted by atomic mass is 16.5. The molecule has 5 heteroatoms. The van der Waals surface area contributed by atoms with Crippen molar-refractivity contribution in [2.24, 2.45) is 23.7 Å². The molecule has 3 fully saturated rings. The molecule has 0 spiro atoms. The van der Waals surface area contributed by atoms with E-state index in [1.807, 2.05) is 18.2 Å². The summed E-state index contributed by atoms with van der Waals surface area (Å²) in [6, 6.07) is 16.0. The minimum absolute atomic E-state index is 0.106. The minimum atomic E-state index is -0.734. The van der Waals surface area contributed by atoms with Crippen LogP contribution in [0.25, 0.3) is 0 Å². The molecular weight excluding hydrogens is 366 g/mol. The lowest BCUT2D eigenvalue weighted by molar-refractivity contribution is -0.123. The fourth-order valence-corrected chi connectivity index (χ4v) is 5.47. The molecule has 5 atom stereocenters. The standard InChI is InChI=1S/C24H23NO4/c1-14(22(26)15-7-3-2-4-8-15)29-19-10-6-5-9-18(19)25-23(27)20-16-11-12-17(13-16)21(20)24(25)28/h2-10,14,16-17,20-21H,11-13H2,1H3/t14-,16+,17+,20+,21+/m1/s1. The van der Waals surface area contributed by atoms with Gasteiger partial charge in [-0.05, 0) is 50.2 Å². The maximum Gasteiger partial charge on any atom is 0.238 e. The predicted octanol–water partition coefficient (Wildman–Crippen LogP) is 3.87. The molecule has 0 aromatic heterocycles. The summed E-state index contributed by atoms with van der Waals surface area (Å²) in [5.74, 6) is 0.329. The number of nitrogens with zero attached hydrogens (tertiary/aromatic N) is 1. The fraction of sp³-hybridized carbons (Fsp3) is 0.375. The molecule has 1 heterocycles. The van der Waals surface area contributed by atoms with Gasteiger partial charge in [-0.1, -0.05) is 42.5 Å².